The Hall–Kier alpha value is -1.28. The number of rotatable bonds is 8. The average Bonchev–Trinajstić information content (AvgIpc) is 2.22. The number of hydrogen-bond acceptors (Lipinski definition) is 6. The van der Waals surface area contributed by atoms with E-state index >= 15 is 0 Å². The van der Waals surface area contributed by atoms with E-state index in [0.29, 0.717) is 12.0 Å². The van der Waals surface area contributed by atoms with Crippen LogP contribution in [-0.4, -0.2) is 45.9 Å². The number of amides is 1. The first-order valence-electron chi connectivity index (χ1n) is 4.41. The van der Waals surface area contributed by atoms with Gasteiger partial charge in [0.15, 0.2) is 6.04 Å². The average molecular weight is 251 g/mol. The van der Waals surface area contributed by atoms with Gasteiger partial charge in [-0.1, -0.05) is 0 Å². The summed E-state index contributed by atoms with van der Waals surface area (Å²) in [6.07, 6.45) is -0.773. The summed E-state index contributed by atoms with van der Waals surface area (Å²) in [6, 6.07) is -1.27. The maximum atomic E-state index is 11.1. The molecule has 0 fully saturated rings. The van der Waals surface area contributed by atoms with Gasteiger partial charge in [-0.3, -0.25) is 9.59 Å². The highest BCUT2D eigenvalue weighted by molar-refractivity contribution is 7.93. The second-order valence-electron chi connectivity index (χ2n) is 2.88. The van der Waals surface area contributed by atoms with E-state index in [9.17, 15) is 14.4 Å². The number of hydrogen-bond donors (Lipinski definition) is 3. The van der Waals surface area contributed by atoms with Crippen LogP contribution in [0.1, 0.15) is 13.3 Å². The molecule has 0 aliphatic heterocycles. The molecule has 2 unspecified atom stereocenters. The van der Waals surface area contributed by atoms with Crippen molar-refractivity contribution in [3.8, 4) is 0 Å². The van der Waals surface area contributed by atoms with Gasteiger partial charge in [-0.2, -0.15) is 0 Å². The second-order valence-corrected chi connectivity index (χ2v) is 3.55. The molecule has 0 heterocycles. The number of esters is 1. The Morgan fingerprint density at radius 3 is 2.62 bits per heavy atom. The smallest absolute Gasteiger partial charge is 0.330 e. The minimum atomic E-state index is -1.29. The fraction of sp³-hybridized carbons (Fsp3) is 0.625. The monoisotopic (exact) mass is 251 g/mol. The summed E-state index contributed by atoms with van der Waals surface area (Å²) in [5.74, 6) is -1.75. The third kappa shape index (κ3) is 5.56. The molecule has 1 amide bonds. The molecule has 3 N–H and O–H groups in total. The van der Waals surface area contributed by atoms with Gasteiger partial charge in [0.2, 0.25) is 6.41 Å². The molecule has 7 nitrogen and oxygen atoms in total. The van der Waals surface area contributed by atoms with E-state index in [4.69, 9.17) is 14.4 Å². The molecule has 0 aliphatic rings. The van der Waals surface area contributed by atoms with Crippen molar-refractivity contribution in [1.82, 2.24) is 5.32 Å². The van der Waals surface area contributed by atoms with Crippen molar-refractivity contribution >= 4 is 30.4 Å². The van der Waals surface area contributed by atoms with E-state index in [1.807, 2.05) is 5.32 Å². The Labute approximate surface area is 96.4 Å². The van der Waals surface area contributed by atoms with E-state index < -0.39 is 24.1 Å². The minimum Gasteiger partial charge on any atom is -0.480 e. The summed E-state index contributed by atoms with van der Waals surface area (Å²) >= 11 is 0.493. The standard InChI is InChI=1S/C8H13NO6S/c1-5(7(8(12)13)9-4-10)15-6(11)2-3-16-14/h4-5,7,14H,2-3H2,1H3,(H,9,10)(H,12,13). The van der Waals surface area contributed by atoms with Gasteiger partial charge in [0.1, 0.15) is 6.10 Å². The highest BCUT2D eigenvalue weighted by Gasteiger charge is 2.26. The molecular weight excluding hydrogens is 238 g/mol. The Balaban J connectivity index is 4.18. The van der Waals surface area contributed by atoms with Crippen molar-refractivity contribution in [2.24, 2.45) is 0 Å². The van der Waals surface area contributed by atoms with Gasteiger partial charge in [0.05, 0.1) is 6.42 Å². The van der Waals surface area contributed by atoms with Crippen LogP contribution < -0.4 is 5.32 Å². The molecule has 0 aromatic rings. The lowest BCUT2D eigenvalue weighted by Gasteiger charge is -2.19. The molecule has 0 saturated heterocycles. The third-order valence-electron chi connectivity index (χ3n) is 1.70. The Kier molecular flexibility index (Phi) is 7.31. The van der Waals surface area contributed by atoms with Crippen molar-refractivity contribution in [2.75, 3.05) is 5.75 Å². The van der Waals surface area contributed by atoms with Crippen molar-refractivity contribution in [2.45, 2.75) is 25.5 Å². The first kappa shape index (κ1) is 14.7. The van der Waals surface area contributed by atoms with Gasteiger partial charge in [0, 0.05) is 5.75 Å². The molecule has 0 aromatic heterocycles. The van der Waals surface area contributed by atoms with Crippen molar-refractivity contribution < 1.29 is 28.8 Å². The van der Waals surface area contributed by atoms with Gasteiger partial charge in [-0.25, -0.2) is 4.79 Å². The highest BCUT2D eigenvalue weighted by Crippen LogP contribution is 2.03. The van der Waals surface area contributed by atoms with Crippen LogP contribution in [0.5, 0.6) is 0 Å². The molecule has 16 heavy (non-hydrogen) atoms. The van der Waals surface area contributed by atoms with Crippen molar-refractivity contribution in [3.63, 3.8) is 0 Å². The largest absolute Gasteiger partial charge is 0.480 e. The van der Waals surface area contributed by atoms with E-state index in [1.165, 1.54) is 6.92 Å². The second kappa shape index (κ2) is 7.94. The molecule has 0 spiro atoms. The van der Waals surface area contributed by atoms with E-state index in [2.05, 4.69) is 0 Å². The van der Waals surface area contributed by atoms with E-state index in [-0.39, 0.29) is 18.6 Å². The predicted octanol–water partition coefficient (Wildman–Crippen LogP) is -0.286. The Morgan fingerprint density at radius 1 is 1.56 bits per heavy atom. The fourth-order valence-corrected chi connectivity index (χ4v) is 1.20. The van der Waals surface area contributed by atoms with Crippen LogP contribution in [0.4, 0.5) is 0 Å². The van der Waals surface area contributed by atoms with Crippen LogP contribution in [0.15, 0.2) is 0 Å². The number of carbonyl (C=O) groups is 3. The van der Waals surface area contributed by atoms with E-state index in [1.54, 1.807) is 0 Å². The molecular formula is C8H13NO6S. The van der Waals surface area contributed by atoms with Gasteiger partial charge in [-0.05, 0) is 19.0 Å². The summed E-state index contributed by atoms with van der Waals surface area (Å²) in [5, 5.41) is 10.7. The lowest BCUT2D eigenvalue weighted by Crippen LogP contribution is -2.46. The zero-order valence-electron chi connectivity index (χ0n) is 8.58. The van der Waals surface area contributed by atoms with Crippen LogP contribution in [0.2, 0.25) is 0 Å². The zero-order chi connectivity index (χ0) is 12.6. The van der Waals surface area contributed by atoms with Gasteiger partial charge < -0.3 is 19.7 Å². The quantitative estimate of drug-likeness (QED) is 0.309. The van der Waals surface area contributed by atoms with Crippen molar-refractivity contribution in [3.05, 3.63) is 0 Å². The van der Waals surface area contributed by atoms with Gasteiger partial charge >= 0.3 is 11.9 Å². The molecule has 92 valence electrons. The molecule has 8 heteroatoms. The van der Waals surface area contributed by atoms with Crippen LogP contribution in [0.25, 0.3) is 0 Å². The molecule has 2 atom stereocenters. The normalized spacial score (nSPS) is 13.6. The zero-order valence-corrected chi connectivity index (χ0v) is 9.40. The van der Waals surface area contributed by atoms with Gasteiger partial charge in [0.25, 0.3) is 0 Å². The first-order chi connectivity index (χ1) is 7.52. The summed E-state index contributed by atoms with van der Waals surface area (Å²) in [6.45, 7) is 1.36. The van der Waals surface area contributed by atoms with Crippen LogP contribution >= 0.6 is 12.0 Å². The molecule has 0 aromatic carbocycles. The maximum absolute atomic E-state index is 11.1. The number of nitrogens with one attached hydrogen (secondary N) is 1. The number of aliphatic carboxylic acids is 1. The summed E-state index contributed by atoms with van der Waals surface area (Å²) in [7, 11) is 0. The number of carboxylic acid groups (broad SMARTS) is 1. The minimum absolute atomic E-state index is 0.0288. The first-order valence-corrected chi connectivity index (χ1v) is 5.35. The van der Waals surface area contributed by atoms with Crippen molar-refractivity contribution in [1.29, 1.82) is 0 Å². The van der Waals surface area contributed by atoms with Crippen LogP contribution in [0, 0.1) is 0 Å². The van der Waals surface area contributed by atoms with Gasteiger partial charge in [-0.15, -0.1) is 0 Å². The number of ether oxygens (including phenoxy) is 1. The summed E-state index contributed by atoms with van der Waals surface area (Å²) in [5.41, 5.74) is 0. The number of carboxylic acids is 1. The third-order valence-corrected chi connectivity index (χ3v) is 2.08. The molecule has 0 bridgehead atoms. The molecule has 0 aliphatic carbocycles. The summed E-state index contributed by atoms with van der Waals surface area (Å²) in [4.78, 5) is 31.9. The van der Waals surface area contributed by atoms with Crippen LogP contribution in [0.3, 0.4) is 0 Å². The Morgan fingerprint density at radius 2 is 2.19 bits per heavy atom. The van der Waals surface area contributed by atoms with Crippen LogP contribution in [-0.2, 0) is 19.1 Å². The maximum Gasteiger partial charge on any atom is 0.330 e. The fourth-order valence-electron chi connectivity index (χ4n) is 0.944. The Bertz CT molecular complexity index is 259. The molecule has 0 saturated carbocycles. The number of carbonyl (C=O) groups excluding carboxylic acids is 2. The summed E-state index contributed by atoms with van der Waals surface area (Å²) < 4.78 is 13.1. The SMILES string of the molecule is CC(OC(=O)CCSO)C(NC=O)C(=O)O. The highest BCUT2D eigenvalue weighted by atomic mass is 32.2. The topological polar surface area (TPSA) is 113 Å². The lowest BCUT2D eigenvalue weighted by atomic mass is 10.2. The lowest BCUT2D eigenvalue weighted by molar-refractivity contribution is -0.155. The predicted molar refractivity (Wildman–Crippen MR) is 55.9 cm³/mol. The molecule has 0 rings (SSSR count). The van der Waals surface area contributed by atoms with E-state index in [0.717, 1.165) is 0 Å². The molecule has 0 radical (unpaired) electrons.